The van der Waals surface area contributed by atoms with Crippen LogP contribution in [-0.2, 0) is 24.1 Å². The fourth-order valence-electron chi connectivity index (χ4n) is 2.63. The maximum atomic E-state index is 10.7. The lowest BCUT2D eigenvalue weighted by Crippen LogP contribution is -2.03. The second-order valence-corrected chi connectivity index (χ2v) is 4.48. The first-order chi connectivity index (χ1) is 8.67. The van der Waals surface area contributed by atoms with Crippen molar-refractivity contribution < 1.29 is 19.4 Å². The number of carboxylic acids is 1. The SMILES string of the molecule is COc1cc(CCC(=O)O)c(OC)c2c1CCC2. The van der Waals surface area contributed by atoms with Crippen LogP contribution in [0.5, 0.6) is 11.5 Å². The molecule has 0 unspecified atom stereocenters. The Morgan fingerprint density at radius 2 is 2.00 bits per heavy atom. The summed E-state index contributed by atoms with van der Waals surface area (Å²) in [6.07, 6.45) is 3.68. The maximum Gasteiger partial charge on any atom is 0.303 e. The molecule has 0 saturated heterocycles. The Morgan fingerprint density at radius 1 is 1.28 bits per heavy atom. The highest BCUT2D eigenvalue weighted by Crippen LogP contribution is 2.40. The Balaban J connectivity index is 2.41. The second-order valence-electron chi connectivity index (χ2n) is 4.48. The third-order valence-corrected chi connectivity index (χ3v) is 3.42. The average molecular weight is 250 g/mol. The van der Waals surface area contributed by atoms with Gasteiger partial charge in [0.1, 0.15) is 11.5 Å². The van der Waals surface area contributed by atoms with Crippen LogP contribution in [0.25, 0.3) is 0 Å². The van der Waals surface area contributed by atoms with Crippen molar-refractivity contribution in [2.45, 2.75) is 32.1 Å². The number of fused-ring (bicyclic) bond motifs is 1. The lowest BCUT2D eigenvalue weighted by molar-refractivity contribution is -0.136. The number of aliphatic carboxylic acids is 1. The van der Waals surface area contributed by atoms with Gasteiger partial charge >= 0.3 is 5.97 Å². The predicted molar refractivity (Wildman–Crippen MR) is 67.5 cm³/mol. The molecule has 0 spiro atoms. The molecule has 1 N–H and O–H groups in total. The molecule has 18 heavy (non-hydrogen) atoms. The number of hydrogen-bond acceptors (Lipinski definition) is 3. The van der Waals surface area contributed by atoms with Gasteiger partial charge in [-0.1, -0.05) is 0 Å². The molecule has 1 aliphatic carbocycles. The highest BCUT2D eigenvalue weighted by molar-refractivity contribution is 5.67. The van der Waals surface area contributed by atoms with Gasteiger partial charge in [-0.05, 0) is 37.3 Å². The number of methoxy groups -OCH3 is 2. The van der Waals surface area contributed by atoms with Gasteiger partial charge < -0.3 is 14.6 Å². The number of ether oxygens (including phenoxy) is 2. The highest BCUT2D eigenvalue weighted by Gasteiger charge is 2.23. The molecule has 0 fully saturated rings. The fourth-order valence-corrected chi connectivity index (χ4v) is 2.63. The van der Waals surface area contributed by atoms with Crippen molar-refractivity contribution in [2.75, 3.05) is 14.2 Å². The summed E-state index contributed by atoms with van der Waals surface area (Å²) in [5.41, 5.74) is 3.34. The first-order valence-corrected chi connectivity index (χ1v) is 6.14. The largest absolute Gasteiger partial charge is 0.496 e. The van der Waals surface area contributed by atoms with Gasteiger partial charge in [0.15, 0.2) is 0 Å². The van der Waals surface area contributed by atoms with Gasteiger partial charge in [-0.15, -0.1) is 0 Å². The summed E-state index contributed by atoms with van der Waals surface area (Å²) in [7, 11) is 3.30. The van der Waals surface area contributed by atoms with Gasteiger partial charge in [0.2, 0.25) is 0 Å². The molecular weight excluding hydrogens is 232 g/mol. The zero-order valence-corrected chi connectivity index (χ0v) is 10.8. The fraction of sp³-hybridized carbons (Fsp3) is 0.500. The molecule has 0 amide bonds. The molecule has 1 aromatic rings. The third kappa shape index (κ3) is 2.28. The van der Waals surface area contributed by atoms with Gasteiger partial charge in [0.25, 0.3) is 0 Å². The third-order valence-electron chi connectivity index (χ3n) is 3.42. The van der Waals surface area contributed by atoms with Crippen molar-refractivity contribution in [1.29, 1.82) is 0 Å². The van der Waals surface area contributed by atoms with Crippen LogP contribution in [-0.4, -0.2) is 25.3 Å². The van der Waals surface area contributed by atoms with Crippen molar-refractivity contribution >= 4 is 5.97 Å². The molecule has 1 aliphatic rings. The van der Waals surface area contributed by atoms with E-state index in [4.69, 9.17) is 14.6 Å². The van der Waals surface area contributed by atoms with Crippen LogP contribution in [0.2, 0.25) is 0 Å². The molecule has 1 aromatic carbocycles. The van der Waals surface area contributed by atoms with E-state index in [-0.39, 0.29) is 6.42 Å². The molecule has 2 rings (SSSR count). The Labute approximate surface area is 107 Å². The summed E-state index contributed by atoms with van der Waals surface area (Å²) < 4.78 is 10.9. The van der Waals surface area contributed by atoms with Crippen LogP contribution in [0.1, 0.15) is 29.5 Å². The number of carbonyl (C=O) groups is 1. The molecule has 98 valence electrons. The van der Waals surface area contributed by atoms with E-state index in [9.17, 15) is 4.79 Å². The number of aryl methyl sites for hydroxylation is 1. The Kier molecular flexibility index (Phi) is 3.75. The smallest absolute Gasteiger partial charge is 0.303 e. The van der Waals surface area contributed by atoms with Crippen LogP contribution >= 0.6 is 0 Å². The van der Waals surface area contributed by atoms with Crippen molar-refractivity contribution in [3.8, 4) is 11.5 Å². The van der Waals surface area contributed by atoms with E-state index in [0.717, 1.165) is 36.3 Å². The minimum Gasteiger partial charge on any atom is -0.496 e. The Morgan fingerprint density at radius 3 is 2.61 bits per heavy atom. The van der Waals surface area contributed by atoms with E-state index in [1.54, 1.807) is 14.2 Å². The van der Waals surface area contributed by atoms with Crippen LogP contribution < -0.4 is 9.47 Å². The predicted octanol–water partition coefficient (Wildman–Crippen LogP) is 2.21. The van der Waals surface area contributed by atoms with Crippen LogP contribution in [0, 0.1) is 0 Å². The quantitative estimate of drug-likeness (QED) is 0.870. The first-order valence-electron chi connectivity index (χ1n) is 6.14. The van der Waals surface area contributed by atoms with E-state index < -0.39 is 5.97 Å². The van der Waals surface area contributed by atoms with Crippen molar-refractivity contribution in [2.24, 2.45) is 0 Å². The number of benzene rings is 1. The van der Waals surface area contributed by atoms with Crippen LogP contribution in [0.3, 0.4) is 0 Å². The molecule has 0 bridgehead atoms. The summed E-state index contributed by atoms with van der Waals surface area (Å²) in [5.74, 6) is 0.921. The van der Waals surface area contributed by atoms with E-state index in [0.29, 0.717) is 6.42 Å². The lowest BCUT2D eigenvalue weighted by Gasteiger charge is -2.16. The van der Waals surface area contributed by atoms with E-state index >= 15 is 0 Å². The molecule has 4 nitrogen and oxygen atoms in total. The Bertz CT molecular complexity index is 465. The summed E-state index contributed by atoms with van der Waals surface area (Å²) in [5, 5.41) is 8.79. The summed E-state index contributed by atoms with van der Waals surface area (Å²) in [6.45, 7) is 0. The van der Waals surface area contributed by atoms with Crippen molar-refractivity contribution in [3.63, 3.8) is 0 Å². The number of hydrogen-bond donors (Lipinski definition) is 1. The molecule has 0 saturated carbocycles. The zero-order valence-electron chi connectivity index (χ0n) is 10.8. The van der Waals surface area contributed by atoms with Gasteiger partial charge in [-0.25, -0.2) is 0 Å². The van der Waals surface area contributed by atoms with E-state index in [2.05, 4.69) is 0 Å². The van der Waals surface area contributed by atoms with E-state index in [1.165, 1.54) is 11.1 Å². The number of rotatable bonds is 5. The van der Waals surface area contributed by atoms with Gasteiger partial charge in [0.05, 0.1) is 14.2 Å². The zero-order chi connectivity index (χ0) is 13.1. The highest BCUT2D eigenvalue weighted by atomic mass is 16.5. The van der Waals surface area contributed by atoms with Crippen LogP contribution in [0.4, 0.5) is 0 Å². The molecule has 0 radical (unpaired) electrons. The van der Waals surface area contributed by atoms with Gasteiger partial charge in [-0.3, -0.25) is 4.79 Å². The van der Waals surface area contributed by atoms with Crippen molar-refractivity contribution in [3.05, 3.63) is 22.8 Å². The average Bonchev–Trinajstić information content (AvgIpc) is 2.83. The molecule has 0 aliphatic heterocycles. The standard InChI is InChI=1S/C14H18O4/c1-17-12-8-9(6-7-13(15)16)14(18-2)11-5-3-4-10(11)12/h8H,3-7H2,1-2H3,(H,15,16). The van der Waals surface area contributed by atoms with Gasteiger partial charge in [-0.2, -0.15) is 0 Å². The minimum atomic E-state index is -0.795. The lowest BCUT2D eigenvalue weighted by atomic mass is 10.00. The van der Waals surface area contributed by atoms with Crippen molar-refractivity contribution in [1.82, 2.24) is 0 Å². The molecule has 4 heteroatoms. The molecule has 0 atom stereocenters. The summed E-state index contributed by atoms with van der Waals surface area (Å²) >= 11 is 0. The number of carboxylic acid groups (broad SMARTS) is 1. The molecule has 0 heterocycles. The summed E-state index contributed by atoms with van der Waals surface area (Å²) in [4.78, 5) is 10.7. The summed E-state index contributed by atoms with van der Waals surface area (Å²) in [6, 6.07) is 1.92. The second kappa shape index (κ2) is 5.29. The first kappa shape index (κ1) is 12.7. The normalized spacial score (nSPS) is 13.2. The monoisotopic (exact) mass is 250 g/mol. The topological polar surface area (TPSA) is 55.8 Å². The van der Waals surface area contributed by atoms with E-state index in [1.807, 2.05) is 6.07 Å². The van der Waals surface area contributed by atoms with Crippen LogP contribution in [0.15, 0.2) is 6.07 Å². The minimum absolute atomic E-state index is 0.109. The molecule has 0 aromatic heterocycles. The molecular formula is C14H18O4. The maximum absolute atomic E-state index is 10.7. The Hall–Kier alpha value is -1.71. The van der Waals surface area contributed by atoms with Gasteiger partial charge in [0, 0.05) is 17.5 Å².